The lowest BCUT2D eigenvalue weighted by Gasteiger charge is -2.31. The van der Waals surface area contributed by atoms with Crippen molar-refractivity contribution in [1.82, 2.24) is 10.2 Å². The molecule has 0 aromatic heterocycles. The zero-order chi connectivity index (χ0) is 20.4. The van der Waals surface area contributed by atoms with Gasteiger partial charge in [-0.05, 0) is 51.0 Å². The average Bonchev–Trinajstić information content (AvgIpc) is 2.60. The first-order valence-corrected chi connectivity index (χ1v) is 9.93. The highest BCUT2D eigenvalue weighted by atomic mass is 32.2. The number of halogens is 3. The third kappa shape index (κ3) is 4.79. The average molecular weight is 406 g/mol. The van der Waals surface area contributed by atoms with Crippen LogP contribution in [0.1, 0.15) is 37.0 Å². The molecule has 1 heterocycles. The Morgan fingerprint density at radius 3 is 2.07 bits per heavy atom. The second kappa shape index (κ2) is 7.87. The number of alkyl halides is 3. The molecule has 10 heteroatoms. The van der Waals surface area contributed by atoms with Gasteiger partial charge in [0.05, 0.1) is 4.90 Å². The fourth-order valence-corrected chi connectivity index (χ4v) is 3.60. The number of rotatable bonds is 4. The Bertz CT molecular complexity index is 796. The van der Waals surface area contributed by atoms with E-state index >= 15 is 0 Å². The fraction of sp³-hybridized carbons (Fsp3) is 0.529. The molecule has 1 fully saturated rings. The molecule has 1 aliphatic rings. The zero-order valence-corrected chi connectivity index (χ0v) is 15.7. The first-order chi connectivity index (χ1) is 12.4. The van der Waals surface area contributed by atoms with Crippen molar-refractivity contribution in [3.05, 3.63) is 29.8 Å². The second-order valence-corrected chi connectivity index (χ2v) is 8.64. The summed E-state index contributed by atoms with van der Waals surface area (Å²) in [6.07, 6.45) is 0.982. The Hall–Kier alpha value is -2.10. The molecule has 0 atom stereocenters. The van der Waals surface area contributed by atoms with Gasteiger partial charge in [-0.15, -0.1) is 0 Å². The van der Waals surface area contributed by atoms with Gasteiger partial charge in [0, 0.05) is 30.6 Å². The van der Waals surface area contributed by atoms with Crippen LogP contribution in [-0.4, -0.2) is 49.8 Å². The maximum atomic E-state index is 12.6. The van der Waals surface area contributed by atoms with Crippen LogP contribution in [0.25, 0.3) is 0 Å². The van der Waals surface area contributed by atoms with E-state index < -0.39 is 26.1 Å². The number of carbonyl (C=O) groups is 2. The summed E-state index contributed by atoms with van der Waals surface area (Å²) in [5.74, 6) is -0.650. The Labute approximate surface area is 155 Å². The van der Waals surface area contributed by atoms with E-state index in [1.807, 2.05) is 13.8 Å². The minimum absolute atomic E-state index is 0.0312. The predicted molar refractivity (Wildman–Crippen MR) is 91.6 cm³/mol. The van der Waals surface area contributed by atoms with Crippen LogP contribution in [0.3, 0.4) is 0 Å². The third-order valence-corrected chi connectivity index (χ3v) is 5.80. The van der Waals surface area contributed by atoms with Gasteiger partial charge in [0.1, 0.15) is 0 Å². The van der Waals surface area contributed by atoms with E-state index in [1.165, 1.54) is 4.90 Å². The maximum absolute atomic E-state index is 12.6. The van der Waals surface area contributed by atoms with E-state index in [4.69, 9.17) is 0 Å². The summed E-state index contributed by atoms with van der Waals surface area (Å²) in [4.78, 5) is 25.1. The summed E-state index contributed by atoms with van der Waals surface area (Å²) in [5, 5.41) is 2.83. The lowest BCUT2D eigenvalue weighted by Crippen LogP contribution is -2.44. The molecule has 0 radical (unpaired) electrons. The topological polar surface area (TPSA) is 83.6 Å². The lowest BCUT2D eigenvalue weighted by atomic mass is 9.95. The Morgan fingerprint density at radius 1 is 1.11 bits per heavy atom. The van der Waals surface area contributed by atoms with E-state index in [0.717, 1.165) is 24.3 Å². The smallest absolute Gasteiger partial charge is 0.354 e. The van der Waals surface area contributed by atoms with Gasteiger partial charge < -0.3 is 10.2 Å². The molecule has 0 saturated carbocycles. The first-order valence-electron chi connectivity index (χ1n) is 8.44. The Balaban J connectivity index is 2.02. The number of hydrogen-bond donors (Lipinski definition) is 1. The highest BCUT2D eigenvalue weighted by Crippen LogP contribution is 2.30. The van der Waals surface area contributed by atoms with Crippen LogP contribution in [-0.2, 0) is 14.6 Å². The SMILES string of the molecule is CC(C)NC(=O)C1CCN(C(=O)c2ccc(S(=O)(=O)C(F)(F)F)cc2)CC1. The van der Waals surface area contributed by atoms with Crippen LogP contribution in [0.5, 0.6) is 0 Å². The molecular weight excluding hydrogens is 385 g/mol. The number of nitrogens with zero attached hydrogens (tertiary/aromatic N) is 1. The van der Waals surface area contributed by atoms with Gasteiger partial charge in [0.25, 0.3) is 15.7 Å². The van der Waals surface area contributed by atoms with E-state index in [0.29, 0.717) is 25.9 Å². The summed E-state index contributed by atoms with van der Waals surface area (Å²) in [5.41, 5.74) is -5.29. The largest absolute Gasteiger partial charge is 0.501 e. The standard InChI is InChI=1S/C17H21F3N2O4S/c1-11(2)21-15(23)12-7-9-22(10-8-12)16(24)13-3-5-14(6-4-13)27(25,26)17(18,19)20/h3-6,11-12H,7-10H2,1-2H3,(H,21,23). The van der Waals surface area contributed by atoms with Crippen LogP contribution < -0.4 is 5.32 Å². The molecule has 0 aliphatic carbocycles. The van der Waals surface area contributed by atoms with Crippen LogP contribution in [0.2, 0.25) is 0 Å². The monoisotopic (exact) mass is 406 g/mol. The van der Waals surface area contributed by atoms with Crippen molar-refractivity contribution in [3.8, 4) is 0 Å². The summed E-state index contributed by atoms with van der Waals surface area (Å²) in [6, 6.07) is 3.72. The third-order valence-electron chi connectivity index (χ3n) is 4.30. The fourth-order valence-electron chi connectivity index (χ4n) is 2.84. The molecule has 1 aromatic carbocycles. The summed E-state index contributed by atoms with van der Waals surface area (Å²) in [6.45, 7) is 4.41. The Morgan fingerprint density at radius 2 is 1.63 bits per heavy atom. The number of amides is 2. The number of nitrogens with one attached hydrogen (secondary N) is 1. The van der Waals surface area contributed by atoms with E-state index in [1.54, 1.807) is 0 Å². The predicted octanol–water partition coefficient (Wildman–Crippen LogP) is 2.36. The van der Waals surface area contributed by atoms with Crippen LogP contribution in [0, 0.1) is 5.92 Å². The van der Waals surface area contributed by atoms with Crippen molar-refractivity contribution in [2.45, 2.75) is 43.1 Å². The molecule has 6 nitrogen and oxygen atoms in total. The molecule has 1 aliphatic heterocycles. The molecule has 1 N–H and O–H groups in total. The number of hydrogen-bond acceptors (Lipinski definition) is 4. The van der Waals surface area contributed by atoms with Crippen molar-refractivity contribution >= 4 is 21.7 Å². The molecule has 27 heavy (non-hydrogen) atoms. The van der Waals surface area contributed by atoms with Gasteiger partial charge in [-0.2, -0.15) is 13.2 Å². The van der Waals surface area contributed by atoms with Gasteiger partial charge >= 0.3 is 5.51 Å². The highest BCUT2D eigenvalue weighted by molar-refractivity contribution is 7.92. The van der Waals surface area contributed by atoms with Crippen molar-refractivity contribution in [2.24, 2.45) is 5.92 Å². The number of benzene rings is 1. The van der Waals surface area contributed by atoms with Gasteiger partial charge in [-0.1, -0.05) is 0 Å². The summed E-state index contributed by atoms with van der Waals surface area (Å²) >= 11 is 0. The van der Waals surface area contributed by atoms with E-state index in [-0.39, 0.29) is 23.4 Å². The molecule has 1 aromatic rings. The van der Waals surface area contributed by atoms with Gasteiger partial charge in [0.15, 0.2) is 0 Å². The minimum Gasteiger partial charge on any atom is -0.354 e. The molecule has 150 valence electrons. The Kier molecular flexibility index (Phi) is 6.18. The van der Waals surface area contributed by atoms with Crippen molar-refractivity contribution in [2.75, 3.05) is 13.1 Å². The van der Waals surface area contributed by atoms with Gasteiger partial charge in [0.2, 0.25) is 5.91 Å². The van der Waals surface area contributed by atoms with Crippen molar-refractivity contribution < 1.29 is 31.2 Å². The van der Waals surface area contributed by atoms with Gasteiger partial charge in [-0.25, -0.2) is 8.42 Å². The number of likely N-dealkylation sites (tertiary alicyclic amines) is 1. The molecule has 0 bridgehead atoms. The van der Waals surface area contributed by atoms with Crippen molar-refractivity contribution in [1.29, 1.82) is 0 Å². The molecule has 1 saturated heterocycles. The molecule has 0 unspecified atom stereocenters. The quantitative estimate of drug-likeness (QED) is 0.832. The molecule has 0 spiro atoms. The van der Waals surface area contributed by atoms with Crippen LogP contribution in [0.4, 0.5) is 13.2 Å². The van der Waals surface area contributed by atoms with Gasteiger partial charge in [-0.3, -0.25) is 9.59 Å². The minimum atomic E-state index is -5.44. The number of piperidine rings is 1. The number of carbonyl (C=O) groups excluding carboxylic acids is 2. The highest BCUT2D eigenvalue weighted by Gasteiger charge is 2.46. The second-order valence-electron chi connectivity index (χ2n) is 6.70. The van der Waals surface area contributed by atoms with Crippen LogP contribution >= 0.6 is 0 Å². The molecular formula is C17H21F3N2O4S. The molecule has 2 amide bonds. The summed E-state index contributed by atoms with van der Waals surface area (Å²) in [7, 11) is -5.44. The zero-order valence-electron chi connectivity index (χ0n) is 14.9. The normalized spacial score (nSPS) is 16.4. The van der Waals surface area contributed by atoms with Crippen molar-refractivity contribution in [3.63, 3.8) is 0 Å². The van der Waals surface area contributed by atoms with E-state index in [9.17, 15) is 31.2 Å². The van der Waals surface area contributed by atoms with Crippen LogP contribution in [0.15, 0.2) is 29.2 Å². The first kappa shape index (κ1) is 21.2. The lowest BCUT2D eigenvalue weighted by molar-refractivity contribution is -0.126. The summed E-state index contributed by atoms with van der Waals surface area (Å²) < 4.78 is 60.4. The molecule has 2 rings (SSSR count). The maximum Gasteiger partial charge on any atom is 0.501 e. The van der Waals surface area contributed by atoms with E-state index in [2.05, 4.69) is 5.32 Å². The number of sulfone groups is 1.